The monoisotopic (exact) mass is 293 g/mol. The summed E-state index contributed by atoms with van der Waals surface area (Å²) in [6.45, 7) is 2.27. The number of carbonyl (C=O) groups excluding carboxylic acids is 1. The second kappa shape index (κ2) is 7.03. The zero-order valence-corrected chi connectivity index (χ0v) is 11.9. The lowest BCUT2D eigenvalue weighted by Gasteiger charge is -2.17. The standard InChI is InChI=1S/C14H19N3O4/c1-21-9-10-3-5-17(8-10)14(20)16-7-12-6-11(13(18)19)2-4-15-12/h2,4,6,10H,3,5,7-9H2,1H3,(H,16,20)(H,18,19). The highest BCUT2D eigenvalue weighted by atomic mass is 16.5. The van der Waals surface area contributed by atoms with E-state index in [1.807, 2.05) is 0 Å². The number of methoxy groups -OCH3 is 1. The predicted molar refractivity (Wildman–Crippen MR) is 75.0 cm³/mol. The van der Waals surface area contributed by atoms with Gasteiger partial charge >= 0.3 is 12.0 Å². The van der Waals surface area contributed by atoms with Crippen LogP contribution in [0.15, 0.2) is 18.3 Å². The SMILES string of the molecule is COCC1CCN(C(=O)NCc2cc(C(=O)O)ccn2)C1. The van der Waals surface area contributed by atoms with Crippen LogP contribution < -0.4 is 5.32 Å². The second-order valence-corrected chi connectivity index (χ2v) is 5.06. The van der Waals surface area contributed by atoms with E-state index in [1.165, 1.54) is 18.3 Å². The van der Waals surface area contributed by atoms with Gasteiger partial charge in [0, 0.05) is 32.3 Å². The van der Waals surface area contributed by atoms with Crippen LogP contribution >= 0.6 is 0 Å². The normalized spacial score (nSPS) is 17.8. The van der Waals surface area contributed by atoms with Gasteiger partial charge in [0.05, 0.1) is 24.4 Å². The number of amides is 2. The molecule has 1 aliphatic heterocycles. The molecular weight excluding hydrogens is 274 g/mol. The fourth-order valence-corrected chi connectivity index (χ4v) is 2.37. The van der Waals surface area contributed by atoms with E-state index in [9.17, 15) is 9.59 Å². The third-order valence-corrected chi connectivity index (χ3v) is 3.46. The van der Waals surface area contributed by atoms with Crippen LogP contribution in [0.25, 0.3) is 0 Å². The minimum absolute atomic E-state index is 0.156. The van der Waals surface area contributed by atoms with Gasteiger partial charge in [0.15, 0.2) is 0 Å². The summed E-state index contributed by atoms with van der Waals surface area (Å²) in [6.07, 6.45) is 2.36. The van der Waals surface area contributed by atoms with Gasteiger partial charge in [0.1, 0.15) is 0 Å². The summed E-state index contributed by atoms with van der Waals surface area (Å²) in [6, 6.07) is 2.72. The van der Waals surface area contributed by atoms with Crippen LogP contribution in [0.5, 0.6) is 0 Å². The number of aromatic nitrogens is 1. The van der Waals surface area contributed by atoms with Gasteiger partial charge in [-0.3, -0.25) is 4.98 Å². The summed E-state index contributed by atoms with van der Waals surface area (Å²) >= 11 is 0. The van der Waals surface area contributed by atoms with E-state index >= 15 is 0 Å². The first-order chi connectivity index (χ1) is 10.1. The number of carboxylic acid groups (broad SMARTS) is 1. The molecule has 1 unspecified atom stereocenters. The molecule has 2 rings (SSSR count). The van der Waals surface area contributed by atoms with Crippen LogP contribution in [0.2, 0.25) is 0 Å². The third-order valence-electron chi connectivity index (χ3n) is 3.46. The number of nitrogens with one attached hydrogen (secondary N) is 1. The molecule has 1 aromatic heterocycles. The Bertz CT molecular complexity index is 521. The summed E-state index contributed by atoms with van der Waals surface area (Å²) in [7, 11) is 1.66. The number of hydrogen-bond acceptors (Lipinski definition) is 4. The number of likely N-dealkylation sites (tertiary alicyclic amines) is 1. The number of rotatable bonds is 5. The van der Waals surface area contributed by atoms with Crippen molar-refractivity contribution in [3.63, 3.8) is 0 Å². The molecule has 1 aromatic rings. The van der Waals surface area contributed by atoms with Crippen LogP contribution in [-0.4, -0.2) is 53.8 Å². The molecule has 7 nitrogen and oxygen atoms in total. The number of carbonyl (C=O) groups is 2. The number of ether oxygens (including phenoxy) is 1. The molecular formula is C14H19N3O4. The molecule has 0 aliphatic carbocycles. The molecule has 0 saturated carbocycles. The van der Waals surface area contributed by atoms with Gasteiger partial charge in [-0.25, -0.2) is 9.59 Å². The number of hydrogen-bond donors (Lipinski definition) is 2. The highest BCUT2D eigenvalue weighted by Gasteiger charge is 2.25. The van der Waals surface area contributed by atoms with Gasteiger partial charge in [-0.2, -0.15) is 0 Å². The van der Waals surface area contributed by atoms with E-state index in [0.29, 0.717) is 31.3 Å². The second-order valence-electron chi connectivity index (χ2n) is 5.06. The Morgan fingerprint density at radius 3 is 3.10 bits per heavy atom. The number of urea groups is 1. The summed E-state index contributed by atoms with van der Waals surface area (Å²) in [5.74, 6) is -0.624. The van der Waals surface area contributed by atoms with Gasteiger partial charge in [0.25, 0.3) is 0 Å². The third kappa shape index (κ3) is 4.16. The average molecular weight is 293 g/mol. The van der Waals surface area contributed by atoms with Gasteiger partial charge in [-0.05, 0) is 18.6 Å². The molecule has 7 heteroatoms. The molecule has 1 aliphatic rings. The van der Waals surface area contributed by atoms with E-state index in [1.54, 1.807) is 12.0 Å². The smallest absolute Gasteiger partial charge is 0.335 e. The maximum atomic E-state index is 12.0. The molecule has 0 bridgehead atoms. The molecule has 1 atom stereocenters. The highest BCUT2D eigenvalue weighted by molar-refractivity contribution is 5.87. The van der Waals surface area contributed by atoms with Crippen LogP contribution in [0.3, 0.4) is 0 Å². The Kier molecular flexibility index (Phi) is 5.10. The first-order valence-corrected chi connectivity index (χ1v) is 6.80. The van der Waals surface area contributed by atoms with Crippen molar-refractivity contribution < 1.29 is 19.4 Å². The van der Waals surface area contributed by atoms with E-state index in [2.05, 4.69) is 10.3 Å². The van der Waals surface area contributed by atoms with Crippen molar-refractivity contribution in [2.75, 3.05) is 26.8 Å². The average Bonchev–Trinajstić information content (AvgIpc) is 2.94. The molecule has 1 saturated heterocycles. The Hall–Kier alpha value is -2.15. The van der Waals surface area contributed by atoms with Gasteiger partial charge in [-0.15, -0.1) is 0 Å². The zero-order valence-electron chi connectivity index (χ0n) is 11.9. The molecule has 2 heterocycles. The van der Waals surface area contributed by atoms with Crippen molar-refractivity contribution in [3.8, 4) is 0 Å². The van der Waals surface area contributed by atoms with E-state index in [-0.39, 0.29) is 18.1 Å². The van der Waals surface area contributed by atoms with Crippen molar-refractivity contribution in [3.05, 3.63) is 29.6 Å². The molecule has 0 spiro atoms. The minimum Gasteiger partial charge on any atom is -0.478 e. The van der Waals surface area contributed by atoms with E-state index < -0.39 is 5.97 Å². The Morgan fingerprint density at radius 1 is 1.57 bits per heavy atom. The minimum atomic E-state index is -1.01. The highest BCUT2D eigenvalue weighted by Crippen LogP contribution is 2.16. The van der Waals surface area contributed by atoms with Crippen LogP contribution in [0.4, 0.5) is 4.79 Å². The first-order valence-electron chi connectivity index (χ1n) is 6.80. The van der Waals surface area contributed by atoms with Crippen molar-refractivity contribution in [1.82, 2.24) is 15.2 Å². The number of pyridine rings is 1. The van der Waals surface area contributed by atoms with Crippen LogP contribution in [0.1, 0.15) is 22.5 Å². The first kappa shape index (κ1) is 15.2. The fraction of sp³-hybridized carbons (Fsp3) is 0.500. The van der Waals surface area contributed by atoms with Crippen molar-refractivity contribution in [2.45, 2.75) is 13.0 Å². The maximum Gasteiger partial charge on any atom is 0.335 e. The van der Waals surface area contributed by atoms with Gasteiger partial charge in [0.2, 0.25) is 0 Å². The molecule has 0 radical (unpaired) electrons. The Labute approximate surface area is 122 Å². The topological polar surface area (TPSA) is 91.8 Å². The summed E-state index contributed by atoms with van der Waals surface area (Å²) in [5.41, 5.74) is 0.687. The largest absolute Gasteiger partial charge is 0.478 e. The Morgan fingerprint density at radius 2 is 2.38 bits per heavy atom. The predicted octanol–water partition coefficient (Wildman–Crippen LogP) is 0.958. The lowest BCUT2D eigenvalue weighted by atomic mass is 10.1. The molecule has 0 aromatic carbocycles. The molecule has 2 N–H and O–H groups in total. The molecule has 1 fully saturated rings. The number of nitrogens with zero attached hydrogens (tertiary/aromatic N) is 2. The zero-order chi connectivity index (χ0) is 15.2. The Balaban J connectivity index is 1.84. The molecule has 114 valence electrons. The summed E-state index contributed by atoms with van der Waals surface area (Å²) in [4.78, 5) is 28.7. The lowest BCUT2D eigenvalue weighted by molar-refractivity contribution is 0.0696. The lowest BCUT2D eigenvalue weighted by Crippen LogP contribution is -2.38. The van der Waals surface area contributed by atoms with Gasteiger partial charge in [-0.1, -0.05) is 0 Å². The summed E-state index contributed by atoms with van der Waals surface area (Å²) in [5, 5.41) is 11.7. The molecule has 2 amide bonds. The van der Waals surface area contributed by atoms with Crippen molar-refractivity contribution in [2.24, 2.45) is 5.92 Å². The van der Waals surface area contributed by atoms with E-state index in [4.69, 9.17) is 9.84 Å². The summed E-state index contributed by atoms with van der Waals surface area (Å²) < 4.78 is 5.09. The molecule has 21 heavy (non-hydrogen) atoms. The van der Waals surface area contributed by atoms with Crippen LogP contribution in [-0.2, 0) is 11.3 Å². The van der Waals surface area contributed by atoms with Crippen LogP contribution in [0, 0.1) is 5.92 Å². The van der Waals surface area contributed by atoms with E-state index in [0.717, 1.165) is 6.42 Å². The quantitative estimate of drug-likeness (QED) is 0.843. The van der Waals surface area contributed by atoms with Crippen molar-refractivity contribution in [1.29, 1.82) is 0 Å². The maximum absolute atomic E-state index is 12.0. The number of carboxylic acids is 1. The van der Waals surface area contributed by atoms with Crippen molar-refractivity contribution >= 4 is 12.0 Å². The number of aromatic carboxylic acids is 1. The van der Waals surface area contributed by atoms with Gasteiger partial charge < -0.3 is 20.1 Å². The fourth-order valence-electron chi connectivity index (χ4n) is 2.37.